The van der Waals surface area contributed by atoms with Crippen molar-refractivity contribution in [3.8, 4) is 23.0 Å². The lowest BCUT2D eigenvalue weighted by atomic mass is 9.94. The molecule has 2 N–H and O–H groups in total. The molecule has 0 aliphatic carbocycles. The fourth-order valence-corrected chi connectivity index (χ4v) is 8.03. The quantitative estimate of drug-likeness (QED) is 0.325. The standard InChI is InChI=1S/C32H34F3N7O2/c1-2-22-24(34)7-4-17-10-21(43)11-23(25(17)22)27-26(35)28-29(40-39-27)30(41-14-19-5-6-20(15-41)36-19)38-31(37-28)44-16-32-8-3-9-42(32)13-18(33)12-32/h4,7,10-11,18-20,36,43H,2-3,5-6,8-9,12-16H2,1H3/t18-,19?,20?,32+/m1/s1. The predicted molar refractivity (Wildman–Crippen MR) is 160 cm³/mol. The Morgan fingerprint density at radius 2 is 1.89 bits per heavy atom. The van der Waals surface area contributed by atoms with Gasteiger partial charge in [0.1, 0.15) is 35.6 Å². The summed E-state index contributed by atoms with van der Waals surface area (Å²) >= 11 is 0. The molecule has 8 rings (SSSR count). The third-order valence-corrected chi connectivity index (χ3v) is 10.0. The molecule has 4 aliphatic rings. The normalized spacial score (nSPS) is 26.6. The minimum Gasteiger partial charge on any atom is -0.508 e. The molecule has 4 aliphatic heterocycles. The predicted octanol–water partition coefficient (Wildman–Crippen LogP) is 4.68. The smallest absolute Gasteiger partial charge is 0.319 e. The van der Waals surface area contributed by atoms with Gasteiger partial charge in [-0.2, -0.15) is 9.97 Å². The molecular formula is C32H34F3N7O2. The highest BCUT2D eigenvalue weighted by atomic mass is 19.1. The van der Waals surface area contributed by atoms with Gasteiger partial charge in [-0.1, -0.05) is 13.0 Å². The van der Waals surface area contributed by atoms with Crippen molar-refractivity contribution in [2.75, 3.05) is 37.7 Å². The Morgan fingerprint density at radius 1 is 1.07 bits per heavy atom. The lowest BCUT2D eigenvalue weighted by molar-refractivity contribution is 0.107. The van der Waals surface area contributed by atoms with E-state index in [1.54, 1.807) is 6.07 Å². The molecule has 4 atom stereocenters. The van der Waals surface area contributed by atoms with E-state index in [1.165, 1.54) is 18.2 Å². The van der Waals surface area contributed by atoms with Crippen LogP contribution in [-0.4, -0.2) is 86.8 Å². The highest BCUT2D eigenvalue weighted by molar-refractivity contribution is 6.01. The van der Waals surface area contributed by atoms with E-state index in [2.05, 4.69) is 30.3 Å². The van der Waals surface area contributed by atoms with Crippen molar-refractivity contribution in [2.24, 2.45) is 0 Å². The lowest BCUT2D eigenvalue weighted by Crippen LogP contribution is -2.51. The number of halogens is 3. The van der Waals surface area contributed by atoms with E-state index in [1.807, 2.05) is 6.92 Å². The number of hydrogen-bond acceptors (Lipinski definition) is 9. The van der Waals surface area contributed by atoms with E-state index < -0.39 is 23.3 Å². The molecule has 2 aromatic heterocycles. The molecule has 9 nitrogen and oxygen atoms in total. The Bertz CT molecular complexity index is 1780. The van der Waals surface area contributed by atoms with Crippen molar-refractivity contribution < 1.29 is 23.0 Å². The molecule has 0 spiro atoms. The van der Waals surface area contributed by atoms with E-state index in [0.717, 1.165) is 32.2 Å². The Labute approximate surface area is 252 Å². The summed E-state index contributed by atoms with van der Waals surface area (Å²) in [5.74, 6) is -0.838. The van der Waals surface area contributed by atoms with Gasteiger partial charge in [0.05, 0.1) is 5.54 Å². The number of nitrogens with one attached hydrogen (secondary N) is 1. The molecule has 2 aromatic carbocycles. The second-order valence-corrected chi connectivity index (χ2v) is 12.8. The fourth-order valence-electron chi connectivity index (χ4n) is 8.03. The molecule has 2 unspecified atom stereocenters. The van der Waals surface area contributed by atoms with Crippen molar-refractivity contribution in [3.63, 3.8) is 0 Å². The molecule has 12 heteroatoms. The topological polar surface area (TPSA) is 99.5 Å². The van der Waals surface area contributed by atoms with Crippen LogP contribution in [0.4, 0.5) is 19.0 Å². The van der Waals surface area contributed by atoms with Crippen LogP contribution < -0.4 is 15.0 Å². The summed E-state index contributed by atoms with van der Waals surface area (Å²) in [7, 11) is 0. The molecule has 4 fully saturated rings. The molecule has 2 bridgehead atoms. The molecule has 0 radical (unpaired) electrons. The van der Waals surface area contributed by atoms with Gasteiger partial charge in [-0.3, -0.25) is 4.90 Å². The van der Waals surface area contributed by atoms with E-state index >= 15 is 4.39 Å². The van der Waals surface area contributed by atoms with Crippen LogP contribution in [0.3, 0.4) is 0 Å². The van der Waals surface area contributed by atoms with Crippen molar-refractivity contribution in [1.82, 2.24) is 30.4 Å². The number of rotatable bonds is 6. The number of phenols is 1. The number of aryl methyl sites for hydroxylation is 1. The van der Waals surface area contributed by atoms with Gasteiger partial charge in [-0.25, -0.2) is 13.2 Å². The van der Waals surface area contributed by atoms with Crippen LogP contribution in [0, 0.1) is 11.6 Å². The average Bonchev–Trinajstić information content (AvgIpc) is 3.66. The minimum absolute atomic E-state index is 0.000761. The van der Waals surface area contributed by atoms with Crippen LogP contribution in [-0.2, 0) is 6.42 Å². The third kappa shape index (κ3) is 4.44. The Morgan fingerprint density at radius 3 is 2.68 bits per heavy atom. The van der Waals surface area contributed by atoms with Crippen molar-refractivity contribution in [1.29, 1.82) is 0 Å². The van der Waals surface area contributed by atoms with Gasteiger partial charge in [-0.05, 0) is 73.2 Å². The first-order valence-corrected chi connectivity index (χ1v) is 15.5. The van der Waals surface area contributed by atoms with Crippen molar-refractivity contribution >= 4 is 27.6 Å². The van der Waals surface area contributed by atoms with Gasteiger partial charge in [-0.15, -0.1) is 10.2 Å². The van der Waals surface area contributed by atoms with E-state index in [0.29, 0.717) is 54.6 Å². The van der Waals surface area contributed by atoms with E-state index in [4.69, 9.17) is 9.72 Å². The van der Waals surface area contributed by atoms with Crippen LogP contribution >= 0.6 is 0 Å². The molecule has 4 aromatic rings. The highest BCUT2D eigenvalue weighted by Gasteiger charge is 2.49. The Kier molecular flexibility index (Phi) is 6.56. The second kappa shape index (κ2) is 10.4. The molecule has 4 saturated heterocycles. The summed E-state index contributed by atoms with van der Waals surface area (Å²) in [6, 6.07) is 6.37. The summed E-state index contributed by atoms with van der Waals surface area (Å²) < 4.78 is 52.3. The maximum absolute atomic E-state index is 16.7. The number of ether oxygens (including phenoxy) is 1. The highest BCUT2D eigenvalue weighted by Crippen LogP contribution is 2.42. The van der Waals surface area contributed by atoms with Gasteiger partial charge in [0.25, 0.3) is 0 Å². The summed E-state index contributed by atoms with van der Waals surface area (Å²) in [5, 5.41) is 23.9. The lowest BCUT2D eigenvalue weighted by Gasteiger charge is -2.34. The minimum atomic E-state index is -0.909. The summed E-state index contributed by atoms with van der Waals surface area (Å²) in [4.78, 5) is 13.5. The number of fused-ring (bicyclic) bond motifs is 5. The van der Waals surface area contributed by atoms with E-state index in [-0.39, 0.29) is 52.7 Å². The molecule has 0 amide bonds. The number of aromatic hydroxyl groups is 1. The van der Waals surface area contributed by atoms with Gasteiger partial charge in [0, 0.05) is 43.7 Å². The Hall–Kier alpha value is -3.77. The van der Waals surface area contributed by atoms with Gasteiger partial charge >= 0.3 is 6.01 Å². The summed E-state index contributed by atoms with van der Waals surface area (Å²) in [6.07, 6.45) is 3.71. The number of piperazine rings is 1. The summed E-state index contributed by atoms with van der Waals surface area (Å²) in [6.45, 7) is 4.58. The molecule has 6 heterocycles. The summed E-state index contributed by atoms with van der Waals surface area (Å²) in [5.41, 5.74) is 0.190. The number of phenolic OH excluding ortho intramolecular Hbond substituents is 1. The maximum Gasteiger partial charge on any atom is 0.319 e. The first-order valence-electron chi connectivity index (χ1n) is 15.5. The average molecular weight is 606 g/mol. The fraction of sp³-hybridized carbons (Fsp3) is 0.500. The van der Waals surface area contributed by atoms with Crippen molar-refractivity contribution in [3.05, 3.63) is 41.5 Å². The van der Waals surface area contributed by atoms with Gasteiger partial charge < -0.3 is 20.1 Å². The zero-order valence-electron chi connectivity index (χ0n) is 24.5. The maximum atomic E-state index is 16.7. The molecule has 0 saturated carbocycles. The monoisotopic (exact) mass is 605 g/mol. The first kappa shape index (κ1) is 27.8. The van der Waals surface area contributed by atoms with Crippen LogP contribution in [0.5, 0.6) is 11.8 Å². The van der Waals surface area contributed by atoms with Crippen LogP contribution in [0.25, 0.3) is 33.1 Å². The van der Waals surface area contributed by atoms with Crippen molar-refractivity contribution in [2.45, 2.75) is 69.2 Å². The number of hydrogen-bond donors (Lipinski definition) is 2. The van der Waals surface area contributed by atoms with E-state index in [9.17, 15) is 13.9 Å². The zero-order chi connectivity index (χ0) is 30.2. The molecule has 230 valence electrons. The van der Waals surface area contributed by atoms with Crippen LogP contribution in [0.15, 0.2) is 24.3 Å². The number of aromatic nitrogens is 4. The number of alkyl halides is 1. The van der Waals surface area contributed by atoms with Gasteiger partial charge in [0.2, 0.25) is 0 Å². The Balaban J connectivity index is 1.27. The third-order valence-electron chi connectivity index (χ3n) is 10.0. The van der Waals surface area contributed by atoms with Gasteiger partial charge in [0.15, 0.2) is 17.2 Å². The number of nitrogens with zero attached hydrogens (tertiary/aromatic N) is 6. The largest absolute Gasteiger partial charge is 0.508 e. The SMILES string of the molecule is CCc1c(F)ccc2cc(O)cc(-c3nnc4c(N5CC6CCC(C5)N6)nc(OC[C@@]56CCCN5C[C@H](F)C6)nc4c3F)c12. The number of benzene rings is 2. The van der Waals surface area contributed by atoms with Crippen LogP contribution in [0.2, 0.25) is 0 Å². The second-order valence-electron chi connectivity index (χ2n) is 12.8. The van der Waals surface area contributed by atoms with Crippen LogP contribution in [0.1, 0.15) is 44.6 Å². The first-order chi connectivity index (χ1) is 21.3. The molecular weight excluding hydrogens is 571 g/mol. The zero-order valence-corrected chi connectivity index (χ0v) is 24.5. The molecule has 44 heavy (non-hydrogen) atoms. The number of anilines is 1.